The fourth-order valence-electron chi connectivity index (χ4n) is 6.96. The molecule has 2 fully saturated rings. The van der Waals surface area contributed by atoms with Crippen LogP contribution in [0.3, 0.4) is 0 Å². The quantitative estimate of drug-likeness (QED) is 0.186. The summed E-state index contributed by atoms with van der Waals surface area (Å²) in [7, 11) is 0. The summed E-state index contributed by atoms with van der Waals surface area (Å²) in [6, 6.07) is 6.59. The van der Waals surface area contributed by atoms with Crippen molar-refractivity contribution in [1.82, 2.24) is 19.7 Å². The third-order valence-electron chi connectivity index (χ3n) is 9.63. The lowest BCUT2D eigenvalue weighted by Crippen LogP contribution is -2.66. The smallest absolute Gasteiger partial charge is 0.411 e. The van der Waals surface area contributed by atoms with Crippen molar-refractivity contribution in [3.8, 4) is 5.75 Å². The Labute approximate surface area is 342 Å². The molecule has 2 aromatic carbocycles. The number of oxazole rings is 1. The fraction of sp³-hybridized carbons (Fsp3) is 0.512. The molecule has 1 aromatic heterocycles. The maximum absolute atomic E-state index is 15.2. The average molecular weight is 834 g/mol. The van der Waals surface area contributed by atoms with Gasteiger partial charge in [0.1, 0.15) is 17.5 Å². The molecule has 0 N–H and O–H groups in total. The summed E-state index contributed by atoms with van der Waals surface area (Å²) in [4.78, 5) is 52.5. The van der Waals surface area contributed by atoms with E-state index in [2.05, 4.69) is 0 Å². The number of piperazine rings is 1. The van der Waals surface area contributed by atoms with Gasteiger partial charge < -0.3 is 28.4 Å². The molecule has 2 bridgehead atoms. The topological polar surface area (TPSA) is 115 Å². The first-order chi connectivity index (χ1) is 26.3. The Bertz CT molecular complexity index is 2020. The summed E-state index contributed by atoms with van der Waals surface area (Å²) in [5.41, 5.74) is 1.18. The van der Waals surface area contributed by atoms with Crippen molar-refractivity contribution in [2.45, 2.75) is 116 Å². The zero-order chi connectivity index (χ0) is 40.7. The van der Waals surface area contributed by atoms with E-state index in [1.54, 1.807) is 81.4 Å². The van der Waals surface area contributed by atoms with E-state index in [1.807, 2.05) is 6.07 Å². The first kappa shape index (κ1) is 41.6. The van der Waals surface area contributed by atoms with Crippen LogP contribution in [0.1, 0.15) is 89.9 Å². The summed E-state index contributed by atoms with van der Waals surface area (Å²) in [6.45, 7) is 12.9. The molecule has 1 aliphatic carbocycles. The van der Waals surface area contributed by atoms with Crippen LogP contribution in [-0.2, 0) is 27.2 Å². The molecule has 56 heavy (non-hydrogen) atoms. The van der Waals surface area contributed by atoms with Crippen molar-refractivity contribution in [3.05, 3.63) is 85.8 Å². The molecule has 6 rings (SSSR count). The second-order valence-corrected chi connectivity index (χ2v) is 17.7. The normalized spacial score (nSPS) is 18.6. The highest BCUT2D eigenvalue weighted by Gasteiger charge is 2.51. The predicted octanol–water partition coefficient (Wildman–Crippen LogP) is 9.67. The zero-order valence-electron chi connectivity index (χ0n) is 32.7. The lowest BCUT2D eigenvalue weighted by atomic mass is 9.84. The van der Waals surface area contributed by atoms with E-state index in [0.717, 1.165) is 12.8 Å². The van der Waals surface area contributed by atoms with E-state index in [1.165, 1.54) is 12.3 Å². The number of hydrogen-bond acceptors (Lipinski definition) is 8. The maximum atomic E-state index is 15.2. The number of halogens is 4. The van der Waals surface area contributed by atoms with Crippen LogP contribution in [0.25, 0.3) is 5.57 Å². The Morgan fingerprint density at radius 1 is 0.964 bits per heavy atom. The highest BCUT2D eigenvalue weighted by molar-refractivity contribution is 6.42. The largest absolute Gasteiger partial charge is 0.489 e. The number of amides is 3. The van der Waals surface area contributed by atoms with Gasteiger partial charge in [0.15, 0.2) is 11.6 Å². The standard InChI is InChI=1S/C41H48Cl3FN4O7/c1-23-13-16-30(45)35(33(23)43)53-17-9-11-25-22-54-36(46-25)28-18-27-20-47(38(51)55-40(2,3)4)21-31(49(27)39(52)56-41(5,6)7)32(28)37(50)48(26-14-15-26)19-24-10-8-12-29(42)34(24)44/h8,10,12-13,16,22,26-27,31H,9,11,14-15,17-21H2,1-7H3/t27?,31-/m1/s1. The predicted molar refractivity (Wildman–Crippen MR) is 211 cm³/mol. The van der Waals surface area contributed by atoms with Gasteiger partial charge in [0, 0.05) is 37.7 Å². The number of fused-ring (bicyclic) bond motifs is 2. The highest BCUT2D eigenvalue weighted by atomic mass is 35.5. The van der Waals surface area contributed by atoms with Crippen LogP contribution in [-0.4, -0.2) is 86.8 Å². The van der Waals surface area contributed by atoms with Crippen molar-refractivity contribution in [2.75, 3.05) is 19.7 Å². The second kappa shape index (κ2) is 16.5. The lowest BCUT2D eigenvalue weighted by Gasteiger charge is -2.50. The van der Waals surface area contributed by atoms with Crippen LogP contribution in [0.5, 0.6) is 5.75 Å². The fourth-order valence-corrected chi connectivity index (χ4v) is 7.55. The van der Waals surface area contributed by atoms with Gasteiger partial charge in [-0.2, -0.15) is 0 Å². The molecule has 0 radical (unpaired) electrons. The molecule has 3 heterocycles. The Hall–Kier alpha value is -4.00. The molecular formula is C41H48Cl3FN4O7. The van der Waals surface area contributed by atoms with Crippen molar-refractivity contribution >= 4 is 58.5 Å². The monoisotopic (exact) mass is 832 g/mol. The summed E-state index contributed by atoms with van der Waals surface area (Å²) in [6.07, 6.45) is 2.97. The van der Waals surface area contributed by atoms with Crippen LogP contribution >= 0.6 is 34.8 Å². The Kier molecular flexibility index (Phi) is 12.2. The minimum atomic E-state index is -0.929. The van der Waals surface area contributed by atoms with E-state index in [-0.39, 0.29) is 66.8 Å². The number of nitrogens with zero attached hydrogens (tertiary/aromatic N) is 4. The SMILES string of the molecule is Cc1ccc(F)c(OCCCc2coc(C3=C(C(=O)N(Cc4cccc(Cl)c4Cl)C4CC4)[C@H]4CN(C(=O)OC(C)(C)C)CC(C3)N4C(=O)OC(C)(C)C)n2)c1Cl. The first-order valence-electron chi connectivity index (χ1n) is 18.8. The van der Waals surface area contributed by atoms with E-state index in [0.29, 0.717) is 45.3 Å². The summed E-state index contributed by atoms with van der Waals surface area (Å²) in [5, 5.41) is 0.946. The van der Waals surface area contributed by atoms with Crippen LogP contribution in [0.4, 0.5) is 14.0 Å². The minimum absolute atomic E-state index is 0.00353. The Morgan fingerprint density at radius 2 is 1.66 bits per heavy atom. The van der Waals surface area contributed by atoms with Gasteiger partial charge in [0.05, 0.1) is 45.0 Å². The van der Waals surface area contributed by atoms with Crippen LogP contribution < -0.4 is 4.74 Å². The summed E-state index contributed by atoms with van der Waals surface area (Å²) in [5.74, 6) is -0.645. The van der Waals surface area contributed by atoms with Gasteiger partial charge in [-0.1, -0.05) is 53.0 Å². The Balaban J connectivity index is 1.37. The number of benzene rings is 2. The number of carbonyl (C=O) groups is 3. The van der Waals surface area contributed by atoms with E-state index >= 15 is 4.79 Å². The molecule has 302 valence electrons. The number of ether oxygens (including phenoxy) is 3. The summed E-state index contributed by atoms with van der Waals surface area (Å²) >= 11 is 19.3. The molecular weight excluding hydrogens is 786 g/mol. The maximum Gasteiger partial charge on any atom is 0.411 e. The molecule has 2 atom stereocenters. The number of aryl methyl sites for hydroxylation is 2. The van der Waals surface area contributed by atoms with Crippen molar-refractivity contribution < 1.29 is 37.4 Å². The number of aromatic nitrogens is 1. The third-order valence-corrected chi connectivity index (χ3v) is 11.0. The van der Waals surface area contributed by atoms with Gasteiger partial charge in [-0.25, -0.2) is 19.0 Å². The molecule has 3 aliphatic rings. The van der Waals surface area contributed by atoms with E-state index in [9.17, 15) is 14.0 Å². The molecule has 1 saturated heterocycles. The molecule has 3 amide bonds. The van der Waals surface area contributed by atoms with E-state index in [4.69, 9.17) is 58.4 Å². The van der Waals surface area contributed by atoms with Gasteiger partial charge in [0.25, 0.3) is 5.91 Å². The average Bonchev–Trinajstić information content (AvgIpc) is 3.84. The molecule has 1 unspecified atom stereocenters. The van der Waals surface area contributed by atoms with Crippen molar-refractivity contribution in [2.24, 2.45) is 0 Å². The van der Waals surface area contributed by atoms with Gasteiger partial charge >= 0.3 is 12.2 Å². The van der Waals surface area contributed by atoms with Crippen molar-refractivity contribution in [3.63, 3.8) is 0 Å². The Morgan fingerprint density at radius 3 is 2.34 bits per heavy atom. The molecule has 0 spiro atoms. The minimum Gasteiger partial charge on any atom is -0.489 e. The molecule has 15 heteroatoms. The van der Waals surface area contributed by atoms with Crippen molar-refractivity contribution in [1.29, 1.82) is 0 Å². The molecule has 2 aliphatic heterocycles. The van der Waals surface area contributed by atoms with Gasteiger partial charge in [-0.05, 0) is 97.4 Å². The molecule has 1 saturated carbocycles. The van der Waals surface area contributed by atoms with Crippen LogP contribution in [0.15, 0.2) is 46.6 Å². The number of hydrogen-bond donors (Lipinski definition) is 0. The zero-order valence-corrected chi connectivity index (χ0v) is 35.0. The number of carbonyl (C=O) groups excluding carboxylic acids is 3. The molecule has 11 nitrogen and oxygen atoms in total. The lowest BCUT2D eigenvalue weighted by molar-refractivity contribution is -0.129. The van der Waals surface area contributed by atoms with Crippen LogP contribution in [0.2, 0.25) is 15.1 Å². The van der Waals surface area contributed by atoms with E-state index < -0.39 is 41.3 Å². The summed E-state index contributed by atoms with van der Waals surface area (Å²) < 4.78 is 37.9. The molecule has 3 aromatic rings. The highest BCUT2D eigenvalue weighted by Crippen LogP contribution is 2.42. The second-order valence-electron chi connectivity index (χ2n) is 16.5. The third kappa shape index (κ3) is 9.57. The first-order valence-corrected chi connectivity index (χ1v) is 19.9. The van der Waals surface area contributed by atoms with Gasteiger partial charge in [0.2, 0.25) is 5.89 Å². The number of rotatable bonds is 10. The van der Waals surface area contributed by atoms with Gasteiger partial charge in [-0.15, -0.1) is 0 Å². The van der Waals surface area contributed by atoms with Gasteiger partial charge in [-0.3, -0.25) is 9.69 Å². The van der Waals surface area contributed by atoms with Crippen LogP contribution in [0, 0.1) is 12.7 Å².